The van der Waals surface area contributed by atoms with Crippen LogP contribution in [0, 0.1) is 0 Å². The summed E-state index contributed by atoms with van der Waals surface area (Å²) in [6.45, 7) is 3.92. The number of ether oxygens (including phenoxy) is 1. The van der Waals surface area contributed by atoms with Gasteiger partial charge in [0.05, 0.1) is 13.2 Å². The summed E-state index contributed by atoms with van der Waals surface area (Å²) < 4.78 is 5.40. The topological polar surface area (TPSA) is 41.6 Å². The fourth-order valence-electron chi connectivity index (χ4n) is 3.40. The summed E-state index contributed by atoms with van der Waals surface area (Å²) in [4.78, 5) is 14.9. The lowest BCUT2D eigenvalue weighted by Crippen LogP contribution is -2.36. The highest BCUT2D eigenvalue weighted by molar-refractivity contribution is 5.95. The summed E-state index contributed by atoms with van der Waals surface area (Å²) in [6, 6.07) is 26.2. The minimum Gasteiger partial charge on any atom is -0.378 e. The molecule has 1 heterocycles. The number of rotatable bonds is 5. The van der Waals surface area contributed by atoms with Gasteiger partial charge >= 0.3 is 0 Å². The van der Waals surface area contributed by atoms with Crippen molar-refractivity contribution in [3.63, 3.8) is 0 Å². The monoisotopic (exact) mass is 372 g/mol. The van der Waals surface area contributed by atoms with Crippen molar-refractivity contribution in [3.8, 4) is 11.1 Å². The van der Waals surface area contributed by atoms with Crippen LogP contribution in [0.4, 0.5) is 5.69 Å². The fourth-order valence-corrected chi connectivity index (χ4v) is 3.40. The number of carbonyl (C=O) groups is 1. The molecule has 3 aromatic rings. The summed E-state index contributed by atoms with van der Waals surface area (Å²) >= 11 is 0. The molecule has 28 heavy (non-hydrogen) atoms. The van der Waals surface area contributed by atoms with Gasteiger partial charge in [-0.2, -0.15) is 0 Å². The van der Waals surface area contributed by atoms with E-state index in [1.165, 1.54) is 5.69 Å². The second kappa shape index (κ2) is 8.72. The average molecular weight is 372 g/mol. The van der Waals surface area contributed by atoms with Crippen molar-refractivity contribution in [1.82, 2.24) is 5.32 Å². The van der Waals surface area contributed by atoms with Gasteiger partial charge < -0.3 is 15.0 Å². The Morgan fingerprint density at radius 1 is 0.857 bits per heavy atom. The average Bonchev–Trinajstić information content (AvgIpc) is 2.79. The van der Waals surface area contributed by atoms with Crippen molar-refractivity contribution in [2.75, 3.05) is 31.2 Å². The number of hydrogen-bond acceptors (Lipinski definition) is 3. The van der Waals surface area contributed by atoms with E-state index in [9.17, 15) is 4.79 Å². The highest BCUT2D eigenvalue weighted by atomic mass is 16.5. The number of morpholine rings is 1. The molecule has 1 amide bonds. The van der Waals surface area contributed by atoms with Crippen LogP contribution in [0.25, 0.3) is 11.1 Å². The third kappa shape index (κ3) is 4.41. The maximum absolute atomic E-state index is 12.6. The molecule has 4 heteroatoms. The number of anilines is 1. The molecule has 0 aliphatic carbocycles. The first kappa shape index (κ1) is 18.3. The van der Waals surface area contributed by atoms with Gasteiger partial charge in [-0.05, 0) is 41.0 Å². The molecule has 142 valence electrons. The molecule has 0 saturated carbocycles. The van der Waals surface area contributed by atoms with Crippen molar-refractivity contribution < 1.29 is 9.53 Å². The summed E-state index contributed by atoms with van der Waals surface area (Å²) in [6.07, 6.45) is 0. The van der Waals surface area contributed by atoms with Gasteiger partial charge in [-0.3, -0.25) is 4.79 Å². The minimum absolute atomic E-state index is 0.0602. The van der Waals surface area contributed by atoms with E-state index in [0.717, 1.165) is 43.0 Å². The highest BCUT2D eigenvalue weighted by Gasteiger charge is 2.11. The normalized spacial score (nSPS) is 13.9. The van der Waals surface area contributed by atoms with Crippen molar-refractivity contribution in [3.05, 3.63) is 90.0 Å². The van der Waals surface area contributed by atoms with Crippen LogP contribution < -0.4 is 10.2 Å². The number of amides is 1. The van der Waals surface area contributed by atoms with Crippen molar-refractivity contribution in [2.24, 2.45) is 0 Å². The highest BCUT2D eigenvalue weighted by Crippen LogP contribution is 2.20. The predicted molar refractivity (Wildman–Crippen MR) is 113 cm³/mol. The number of nitrogens with one attached hydrogen (secondary N) is 1. The van der Waals surface area contributed by atoms with Crippen molar-refractivity contribution >= 4 is 11.6 Å². The molecule has 0 atom stereocenters. The Kier molecular flexibility index (Phi) is 5.69. The summed E-state index contributed by atoms with van der Waals surface area (Å²) in [7, 11) is 0. The van der Waals surface area contributed by atoms with Crippen LogP contribution >= 0.6 is 0 Å². The van der Waals surface area contributed by atoms with Gasteiger partial charge in [0.2, 0.25) is 0 Å². The molecule has 1 aliphatic heterocycles. The summed E-state index contributed by atoms with van der Waals surface area (Å²) in [5.74, 6) is -0.0602. The molecule has 1 saturated heterocycles. The largest absolute Gasteiger partial charge is 0.378 e. The van der Waals surface area contributed by atoms with E-state index in [1.807, 2.05) is 54.6 Å². The molecule has 1 aliphatic rings. The SMILES string of the molecule is O=C(NCc1ccc(N2CCOCC2)cc1)c1cccc(-c2ccccc2)c1. The predicted octanol–water partition coefficient (Wildman–Crippen LogP) is 4.12. The van der Waals surface area contributed by atoms with Crippen LogP contribution in [0.3, 0.4) is 0 Å². The zero-order valence-corrected chi connectivity index (χ0v) is 15.8. The molecule has 0 radical (unpaired) electrons. The van der Waals surface area contributed by atoms with Crippen molar-refractivity contribution in [2.45, 2.75) is 6.54 Å². The fraction of sp³-hybridized carbons (Fsp3) is 0.208. The molecule has 4 rings (SSSR count). The zero-order valence-electron chi connectivity index (χ0n) is 15.8. The second-order valence-electron chi connectivity index (χ2n) is 6.90. The molecule has 0 aromatic heterocycles. The van der Waals surface area contributed by atoms with E-state index >= 15 is 0 Å². The van der Waals surface area contributed by atoms with Crippen LogP contribution in [0.2, 0.25) is 0 Å². The summed E-state index contributed by atoms with van der Waals surface area (Å²) in [5, 5.41) is 3.02. The van der Waals surface area contributed by atoms with Gasteiger partial charge in [0.15, 0.2) is 0 Å². The molecule has 3 aromatic carbocycles. The smallest absolute Gasteiger partial charge is 0.251 e. The lowest BCUT2D eigenvalue weighted by molar-refractivity contribution is 0.0951. The molecule has 4 nitrogen and oxygen atoms in total. The minimum atomic E-state index is -0.0602. The van der Waals surface area contributed by atoms with Crippen LogP contribution in [0.15, 0.2) is 78.9 Å². The standard InChI is InChI=1S/C24H24N2O2/c27-24(22-8-4-7-21(17-22)20-5-2-1-3-6-20)25-18-19-9-11-23(12-10-19)26-13-15-28-16-14-26/h1-12,17H,13-16,18H2,(H,25,27). The van der Waals surface area contributed by atoms with E-state index in [1.54, 1.807) is 0 Å². The van der Waals surface area contributed by atoms with Gasteiger partial charge in [0.1, 0.15) is 0 Å². The van der Waals surface area contributed by atoms with E-state index in [-0.39, 0.29) is 5.91 Å². The van der Waals surface area contributed by atoms with Crippen LogP contribution in [0.5, 0.6) is 0 Å². The van der Waals surface area contributed by atoms with E-state index in [0.29, 0.717) is 12.1 Å². The maximum Gasteiger partial charge on any atom is 0.251 e. The third-order valence-electron chi connectivity index (χ3n) is 5.00. The van der Waals surface area contributed by atoms with Gasteiger partial charge in [0, 0.05) is 30.9 Å². The number of hydrogen-bond donors (Lipinski definition) is 1. The first-order valence-corrected chi connectivity index (χ1v) is 9.65. The molecule has 0 spiro atoms. The molecular formula is C24H24N2O2. The van der Waals surface area contributed by atoms with Crippen LogP contribution in [-0.4, -0.2) is 32.2 Å². The molecule has 1 N–H and O–H groups in total. The lowest BCUT2D eigenvalue weighted by Gasteiger charge is -2.28. The van der Waals surface area contributed by atoms with E-state index in [4.69, 9.17) is 4.74 Å². The maximum atomic E-state index is 12.6. The molecule has 1 fully saturated rings. The Hall–Kier alpha value is -3.11. The van der Waals surface area contributed by atoms with E-state index in [2.05, 4.69) is 34.5 Å². The molecule has 0 unspecified atom stereocenters. The second-order valence-corrected chi connectivity index (χ2v) is 6.90. The lowest BCUT2D eigenvalue weighted by atomic mass is 10.0. The Bertz CT molecular complexity index is 917. The third-order valence-corrected chi connectivity index (χ3v) is 5.00. The summed E-state index contributed by atoms with van der Waals surface area (Å²) in [5.41, 5.74) is 5.11. The number of benzene rings is 3. The number of nitrogens with zero attached hydrogens (tertiary/aromatic N) is 1. The Balaban J connectivity index is 1.38. The van der Waals surface area contributed by atoms with Gasteiger partial charge in [-0.15, -0.1) is 0 Å². The van der Waals surface area contributed by atoms with Gasteiger partial charge in [0.25, 0.3) is 5.91 Å². The van der Waals surface area contributed by atoms with Gasteiger partial charge in [-0.1, -0.05) is 54.6 Å². The van der Waals surface area contributed by atoms with Crippen LogP contribution in [-0.2, 0) is 11.3 Å². The quantitative estimate of drug-likeness (QED) is 0.732. The van der Waals surface area contributed by atoms with E-state index < -0.39 is 0 Å². The number of carbonyl (C=O) groups excluding carboxylic acids is 1. The Morgan fingerprint density at radius 3 is 2.32 bits per heavy atom. The van der Waals surface area contributed by atoms with Crippen LogP contribution in [0.1, 0.15) is 15.9 Å². The molecular weight excluding hydrogens is 348 g/mol. The molecule has 0 bridgehead atoms. The zero-order chi connectivity index (χ0) is 19.2. The Morgan fingerprint density at radius 2 is 1.57 bits per heavy atom. The van der Waals surface area contributed by atoms with Gasteiger partial charge in [-0.25, -0.2) is 0 Å². The van der Waals surface area contributed by atoms with Crippen molar-refractivity contribution in [1.29, 1.82) is 0 Å². The first-order chi connectivity index (χ1) is 13.8. The first-order valence-electron chi connectivity index (χ1n) is 9.65. The Labute approximate surface area is 165 Å².